The van der Waals surface area contributed by atoms with Crippen molar-refractivity contribution in [3.63, 3.8) is 0 Å². The zero-order valence-electron chi connectivity index (χ0n) is 17.2. The normalized spacial score (nSPS) is 10.9. The topological polar surface area (TPSA) is 78.3 Å². The van der Waals surface area contributed by atoms with Crippen molar-refractivity contribution in [1.29, 1.82) is 0 Å². The van der Waals surface area contributed by atoms with Crippen molar-refractivity contribution >= 4 is 34.2 Å². The number of nitrogens with zero attached hydrogens (tertiary/aromatic N) is 1. The molecule has 2 heterocycles. The summed E-state index contributed by atoms with van der Waals surface area (Å²) in [5.41, 5.74) is 3.76. The number of hydrogen-bond acceptors (Lipinski definition) is 3. The molecule has 0 aliphatic rings. The number of H-pyrrole nitrogens is 1. The highest BCUT2D eigenvalue weighted by Crippen LogP contribution is 2.22. The summed E-state index contributed by atoms with van der Waals surface area (Å²) in [7, 11) is 0. The Kier molecular flexibility index (Phi) is 5.82. The van der Waals surface area contributed by atoms with Crippen LogP contribution in [0.1, 0.15) is 22.5 Å². The lowest BCUT2D eigenvalue weighted by atomic mass is 10.0. The molecule has 7 heteroatoms. The van der Waals surface area contributed by atoms with Crippen molar-refractivity contribution in [2.75, 3.05) is 5.32 Å². The van der Waals surface area contributed by atoms with Gasteiger partial charge >= 0.3 is 6.03 Å². The molecule has 0 atom stereocenters. The third-order valence-electron chi connectivity index (χ3n) is 5.23. The first-order chi connectivity index (χ1) is 14.9. The van der Waals surface area contributed by atoms with E-state index in [1.54, 1.807) is 42.7 Å². The quantitative estimate of drug-likeness (QED) is 0.426. The van der Waals surface area contributed by atoms with Crippen LogP contribution >= 0.6 is 11.6 Å². The third kappa shape index (κ3) is 4.64. The second kappa shape index (κ2) is 8.70. The number of furan rings is 1. The van der Waals surface area contributed by atoms with Crippen LogP contribution < -0.4 is 10.9 Å². The number of halogens is 1. The SMILES string of the molecule is Cc1cc2cc(CN(Cc3ccco3)C(=O)Nc3ccccc3Cl)c(=O)[nH]c2cc1C. The van der Waals surface area contributed by atoms with Crippen LogP contribution in [-0.4, -0.2) is 15.9 Å². The standard InChI is InChI=1S/C24H22ClN3O3/c1-15-10-17-12-18(23(29)26-22(17)11-16(15)2)13-28(14-19-6-5-9-31-19)24(30)27-21-8-4-3-7-20(21)25/h3-12H,13-14H2,1-2H3,(H,26,29)(H,27,30). The molecule has 0 fully saturated rings. The maximum Gasteiger partial charge on any atom is 0.322 e. The Morgan fingerprint density at radius 2 is 1.84 bits per heavy atom. The number of benzene rings is 2. The number of nitrogens with one attached hydrogen (secondary N) is 2. The van der Waals surface area contributed by atoms with E-state index in [2.05, 4.69) is 10.3 Å². The largest absolute Gasteiger partial charge is 0.467 e. The molecule has 0 saturated carbocycles. The maximum absolute atomic E-state index is 13.1. The molecule has 2 N–H and O–H groups in total. The summed E-state index contributed by atoms with van der Waals surface area (Å²) in [5, 5.41) is 4.17. The van der Waals surface area contributed by atoms with Crippen LogP contribution in [0.25, 0.3) is 10.9 Å². The molecule has 0 unspecified atom stereocenters. The number of aromatic nitrogens is 1. The highest BCUT2D eigenvalue weighted by molar-refractivity contribution is 6.33. The minimum Gasteiger partial charge on any atom is -0.467 e. The second-order valence-electron chi connectivity index (χ2n) is 7.49. The fourth-order valence-corrected chi connectivity index (χ4v) is 3.58. The number of aryl methyl sites for hydroxylation is 2. The monoisotopic (exact) mass is 435 g/mol. The molecule has 2 amide bonds. The number of fused-ring (bicyclic) bond motifs is 1. The summed E-state index contributed by atoms with van der Waals surface area (Å²) in [6.45, 7) is 4.34. The van der Waals surface area contributed by atoms with E-state index in [0.717, 1.165) is 22.0 Å². The molecule has 2 aromatic carbocycles. The van der Waals surface area contributed by atoms with E-state index in [1.165, 1.54) is 4.90 Å². The Labute approximate surface area is 184 Å². The first-order valence-electron chi connectivity index (χ1n) is 9.86. The average Bonchev–Trinajstić information content (AvgIpc) is 3.24. The van der Waals surface area contributed by atoms with Crippen LogP contribution in [0.3, 0.4) is 0 Å². The number of hydrogen-bond donors (Lipinski definition) is 2. The summed E-state index contributed by atoms with van der Waals surface area (Å²) < 4.78 is 5.42. The van der Waals surface area contributed by atoms with Crippen molar-refractivity contribution in [3.05, 3.63) is 98.7 Å². The number of urea groups is 1. The highest BCUT2D eigenvalue weighted by atomic mass is 35.5. The molecule has 0 bridgehead atoms. The number of anilines is 1. The minimum atomic E-state index is -0.385. The molecule has 6 nitrogen and oxygen atoms in total. The lowest BCUT2D eigenvalue weighted by Gasteiger charge is -2.22. The van der Waals surface area contributed by atoms with Gasteiger partial charge in [-0.05, 0) is 72.8 Å². The van der Waals surface area contributed by atoms with Gasteiger partial charge in [0.15, 0.2) is 0 Å². The van der Waals surface area contributed by atoms with E-state index in [1.807, 2.05) is 32.0 Å². The van der Waals surface area contributed by atoms with Crippen molar-refractivity contribution in [2.24, 2.45) is 0 Å². The summed E-state index contributed by atoms with van der Waals surface area (Å²) >= 11 is 6.19. The maximum atomic E-state index is 13.1. The molecule has 0 spiro atoms. The van der Waals surface area contributed by atoms with Gasteiger partial charge in [0.25, 0.3) is 5.56 Å². The molecule has 0 radical (unpaired) electrons. The molecule has 158 valence electrons. The second-order valence-corrected chi connectivity index (χ2v) is 7.90. The van der Waals surface area contributed by atoms with Gasteiger partial charge in [-0.1, -0.05) is 23.7 Å². The van der Waals surface area contributed by atoms with Gasteiger partial charge in [0, 0.05) is 11.1 Å². The first kappa shape index (κ1) is 20.8. The van der Waals surface area contributed by atoms with Crippen molar-refractivity contribution in [3.8, 4) is 0 Å². The first-order valence-corrected chi connectivity index (χ1v) is 10.2. The lowest BCUT2D eigenvalue weighted by molar-refractivity contribution is 0.201. The minimum absolute atomic E-state index is 0.106. The van der Waals surface area contributed by atoms with Gasteiger partial charge < -0.3 is 19.6 Å². The summed E-state index contributed by atoms with van der Waals surface area (Å²) in [5.74, 6) is 0.609. The van der Waals surface area contributed by atoms with Crippen molar-refractivity contribution < 1.29 is 9.21 Å². The van der Waals surface area contributed by atoms with Gasteiger partial charge in [0.1, 0.15) is 5.76 Å². The van der Waals surface area contributed by atoms with Gasteiger partial charge in [-0.25, -0.2) is 4.79 Å². The van der Waals surface area contributed by atoms with E-state index >= 15 is 0 Å². The molecule has 4 aromatic rings. The zero-order chi connectivity index (χ0) is 22.0. The molecular weight excluding hydrogens is 414 g/mol. The molecule has 31 heavy (non-hydrogen) atoms. The number of rotatable bonds is 5. The molecule has 2 aromatic heterocycles. The molecule has 0 aliphatic heterocycles. The predicted octanol–water partition coefficient (Wildman–Crippen LogP) is 5.63. The van der Waals surface area contributed by atoms with Gasteiger partial charge in [-0.2, -0.15) is 0 Å². The van der Waals surface area contributed by atoms with Gasteiger partial charge in [-0.3, -0.25) is 4.79 Å². The number of carbonyl (C=O) groups excluding carboxylic acids is 1. The van der Waals surface area contributed by atoms with Gasteiger partial charge in [0.2, 0.25) is 0 Å². The molecule has 0 saturated heterocycles. The fourth-order valence-electron chi connectivity index (χ4n) is 3.39. The Morgan fingerprint density at radius 3 is 2.58 bits per heavy atom. The smallest absolute Gasteiger partial charge is 0.322 e. The number of pyridine rings is 1. The van der Waals surface area contributed by atoms with Crippen molar-refractivity contribution in [2.45, 2.75) is 26.9 Å². The van der Waals surface area contributed by atoms with E-state index in [0.29, 0.717) is 22.0 Å². The Bertz CT molecular complexity index is 1300. The lowest BCUT2D eigenvalue weighted by Crippen LogP contribution is -2.35. The predicted molar refractivity (Wildman–Crippen MR) is 122 cm³/mol. The summed E-state index contributed by atoms with van der Waals surface area (Å²) in [6, 6.07) is 16.0. The van der Waals surface area contributed by atoms with Crippen LogP contribution in [0, 0.1) is 13.8 Å². The fraction of sp³-hybridized carbons (Fsp3) is 0.167. The Balaban J connectivity index is 1.66. The van der Waals surface area contributed by atoms with E-state index in [9.17, 15) is 9.59 Å². The average molecular weight is 436 g/mol. The number of aromatic amines is 1. The van der Waals surface area contributed by atoms with Crippen LogP contribution in [0.2, 0.25) is 5.02 Å². The van der Waals surface area contributed by atoms with E-state index in [-0.39, 0.29) is 24.7 Å². The Morgan fingerprint density at radius 1 is 1.06 bits per heavy atom. The highest BCUT2D eigenvalue weighted by Gasteiger charge is 2.19. The van der Waals surface area contributed by atoms with Crippen LogP contribution in [0.5, 0.6) is 0 Å². The molecule has 0 aliphatic carbocycles. The number of carbonyl (C=O) groups is 1. The van der Waals surface area contributed by atoms with Crippen LogP contribution in [0.15, 0.2) is 70.1 Å². The van der Waals surface area contributed by atoms with Crippen molar-refractivity contribution in [1.82, 2.24) is 9.88 Å². The molecular formula is C24H22ClN3O3. The van der Waals surface area contributed by atoms with Crippen LogP contribution in [-0.2, 0) is 13.1 Å². The van der Waals surface area contributed by atoms with E-state index in [4.69, 9.17) is 16.0 Å². The zero-order valence-corrected chi connectivity index (χ0v) is 18.0. The van der Waals surface area contributed by atoms with Crippen LogP contribution in [0.4, 0.5) is 10.5 Å². The van der Waals surface area contributed by atoms with Gasteiger partial charge in [-0.15, -0.1) is 0 Å². The number of para-hydroxylation sites is 1. The number of amides is 2. The third-order valence-corrected chi connectivity index (χ3v) is 5.56. The van der Waals surface area contributed by atoms with E-state index < -0.39 is 0 Å². The van der Waals surface area contributed by atoms with Gasteiger partial charge in [0.05, 0.1) is 30.1 Å². The summed E-state index contributed by atoms with van der Waals surface area (Å²) in [6.07, 6.45) is 1.55. The summed E-state index contributed by atoms with van der Waals surface area (Å²) in [4.78, 5) is 30.3. The Hall–Kier alpha value is -3.51. The molecule has 4 rings (SSSR count).